The Labute approximate surface area is 171 Å². The van der Waals surface area contributed by atoms with Gasteiger partial charge in [-0.15, -0.1) is 0 Å². The van der Waals surface area contributed by atoms with Crippen LogP contribution in [-0.2, 0) is 27.3 Å². The number of carbonyl (C=O) groups excluding carboxylic acids is 2. The maximum atomic E-state index is 11.9. The number of nitrogens with one attached hydrogen (secondary N) is 2. The molecule has 28 heavy (non-hydrogen) atoms. The molecule has 0 atom stereocenters. The average Bonchev–Trinajstić information content (AvgIpc) is 2.71. The molecule has 0 radical (unpaired) electrons. The number of rotatable bonds is 10. The molecule has 0 heterocycles. The second-order valence-electron chi connectivity index (χ2n) is 6.38. The number of benzene rings is 2. The Morgan fingerprint density at radius 2 is 1.50 bits per heavy atom. The largest absolute Gasteiger partial charge is 0.466 e. The first kappa shape index (κ1) is 21.6. The number of esters is 1. The number of hydrogen-bond acceptors (Lipinski definition) is 4. The summed E-state index contributed by atoms with van der Waals surface area (Å²) in [5.74, 6) is -0.479. The van der Waals surface area contributed by atoms with Crippen molar-refractivity contribution in [3.63, 3.8) is 0 Å². The standard InChI is InChI=1S/C22H26N2O3S/c25-20(24-22(28)23-17-19-11-5-2-6-12-19)14-7-15-21(26)27-16-8-13-18-9-3-1-4-10-18/h1-6,9-12H,7-8,13-17H2,(H2,23,24,25,28). The SMILES string of the molecule is O=C(CCCC(=O)OCCCc1ccccc1)NC(=S)NCc1ccccc1. The highest BCUT2D eigenvalue weighted by Crippen LogP contribution is 2.04. The minimum atomic E-state index is -0.273. The van der Waals surface area contributed by atoms with Crippen molar-refractivity contribution in [2.24, 2.45) is 0 Å². The van der Waals surface area contributed by atoms with Gasteiger partial charge in [0.15, 0.2) is 5.11 Å². The van der Waals surface area contributed by atoms with Crippen molar-refractivity contribution in [3.05, 3.63) is 71.8 Å². The molecule has 148 valence electrons. The van der Waals surface area contributed by atoms with Crippen LogP contribution in [0.5, 0.6) is 0 Å². The average molecular weight is 399 g/mol. The van der Waals surface area contributed by atoms with E-state index >= 15 is 0 Å². The van der Waals surface area contributed by atoms with Crippen LogP contribution in [0.25, 0.3) is 0 Å². The van der Waals surface area contributed by atoms with Gasteiger partial charge in [0, 0.05) is 19.4 Å². The van der Waals surface area contributed by atoms with Gasteiger partial charge in [0.05, 0.1) is 6.61 Å². The van der Waals surface area contributed by atoms with Gasteiger partial charge in [-0.1, -0.05) is 60.7 Å². The number of ether oxygens (including phenoxy) is 1. The minimum Gasteiger partial charge on any atom is -0.466 e. The number of carbonyl (C=O) groups is 2. The van der Waals surface area contributed by atoms with Crippen molar-refractivity contribution in [3.8, 4) is 0 Å². The molecule has 0 unspecified atom stereocenters. The van der Waals surface area contributed by atoms with Crippen molar-refractivity contribution in [1.29, 1.82) is 0 Å². The second-order valence-corrected chi connectivity index (χ2v) is 6.79. The van der Waals surface area contributed by atoms with Gasteiger partial charge in [-0.3, -0.25) is 9.59 Å². The van der Waals surface area contributed by atoms with E-state index in [1.54, 1.807) is 0 Å². The Bertz CT molecular complexity index is 751. The molecule has 2 aromatic rings. The van der Waals surface area contributed by atoms with E-state index in [4.69, 9.17) is 17.0 Å². The van der Waals surface area contributed by atoms with Gasteiger partial charge in [-0.25, -0.2) is 0 Å². The summed E-state index contributed by atoms with van der Waals surface area (Å²) in [6.07, 6.45) is 2.56. The summed E-state index contributed by atoms with van der Waals surface area (Å²) in [5, 5.41) is 5.90. The summed E-state index contributed by atoms with van der Waals surface area (Å²) in [4.78, 5) is 23.6. The summed E-state index contributed by atoms with van der Waals surface area (Å²) < 4.78 is 5.21. The third kappa shape index (κ3) is 9.28. The zero-order chi connectivity index (χ0) is 20.0. The number of thiocarbonyl (C=S) groups is 1. The number of hydrogen-bond donors (Lipinski definition) is 2. The molecule has 0 aromatic heterocycles. The molecule has 0 aliphatic carbocycles. The highest BCUT2D eigenvalue weighted by molar-refractivity contribution is 7.80. The minimum absolute atomic E-state index is 0.206. The normalized spacial score (nSPS) is 10.1. The molecule has 0 fully saturated rings. The Hall–Kier alpha value is -2.73. The van der Waals surface area contributed by atoms with Gasteiger partial charge in [0.25, 0.3) is 0 Å². The topological polar surface area (TPSA) is 67.4 Å². The molecule has 5 nitrogen and oxygen atoms in total. The fourth-order valence-corrected chi connectivity index (χ4v) is 2.77. The van der Waals surface area contributed by atoms with Crippen molar-refractivity contribution >= 4 is 29.2 Å². The van der Waals surface area contributed by atoms with Gasteiger partial charge < -0.3 is 15.4 Å². The summed E-state index contributed by atoms with van der Waals surface area (Å²) in [6.45, 7) is 0.947. The molecule has 2 aromatic carbocycles. The molecular formula is C22H26N2O3S. The molecule has 0 bridgehead atoms. The molecule has 6 heteroatoms. The third-order valence-corrected chi connectivity index (χ3v) is 4.30. The van der Waals surface area contributed by atoms with E-state index in [0.29, 0.717) is 19.6 Å². The van der Waals surface area contributed by atoms with Crippen molar-refractivity contribution in [1.82, 2.24) is 10.6 Å². The summed E-state index contributed by atoms with van der Waals surface area (Å²) in [5.41, 5.74) is 2.31. The van der Waals surface area contributed by atoms with Crippen molar-refractivity contribution in [2.75, 3.05) is 6.61 Å². The van der Waals surface area contributed by atoms with Crippen molar-refractivity contribution in [2.45, 2.75) is 38.6 Å². The van der Waals surface area contributed by atoms with Crippen LogP contribution in [0.2, 0.25) is 0 Å². The molecule has 1 amide bonds. The monoisotopic (exact) mass is 398 g/mol. The van der Waals surface area contributed by atoms with Gasteiger partial charge in [-0.2, -0.15) is 0 Å². The van der Waals surface area contributed by atoms with Crippen LogP contribution in [-0.4, -0.2) is 23.6 Å². The van der Waals surface area contributed by atoms with E-state index in [1.165, 1.54) is 5.56 Å². The van der Waals surface area contributed by atoms with Crippen LogP contribution in [0.15, 0.2) is 60.7 Å². The lowest BCUT2D eigenvalue weighted by atomic mass is 10.1. The molecule has 0 spiro atoms. The van der Waals surface area contributed by atoms with Crippen LogP contribution in [0, 0.1) is 0 Å². The Kier molecular flexibility index (Phi) is 9.72. The van der Waals surface area contributed by atoms with E-state index in [-0.39, 0.29) is 29.8 Å². The predicted octanol–water partition coefficient (Wildman–Crippen LogP) is 3.52. The smallest absolute Gasteiger partial charge is 0.305 e. The Morgan fingerprint density at radius 3 is 2.18 bits per heavy atom. The lowest BCUT2D eigenvalue weighted by Gasteiger charge is -2.09. The Balaban J connectivity index is 1.50. The first-order valence-corrected chi connectivity index (χ1v) is 9.85. The number of aryl methyl sites for hydroxylation is 1. The summed E-state index contributed by atoms with van der Waals surface area (Å²) in [6, 6.07) is 19.9. The van der Waals surface area contributed by atoms with Gasteiger partial charge in [0.1, 0.15) is 0 Å². The van der Waals surface area contributed by atoms with E-state index in [9.17, 15) is 9.59 Å². The van der Waals surface area contributed by atoms with Crippen molar-refractivity contribution < 1.29 is 14.3 Å². The predicted molar refractivity (Wildman–Crippen MR) is 114 cm³/mol. The fourth-order valence-electron chi connectivity index (χ4n) is 2.58. The van der Waals surface area contributed by atoms with E-state index in [1.807, 2.05) is 48.5 Å². The molecule has 0 aliphatic rings. The molecule has 2 N–H and O–H groups in total. The van der Waals surface area contributed by atoms with Gasteiger partial charge in [0.2, 0.25) is 5.91 Å². The molecule has 0 saturated carbocycles. The first-order valence-electron chi connectivity index (χ1n) is 9.44. The van der Waals surface area contributed by atoms with E-state index in [2.05, 4.69) is 22.8 Å². The van der Waals surface area contributed by atoms with Crippen LogP contribution < -0.4 is 10.6 Å². The summed E-state index contributed by atoms with van der Waals surface area (Å²) in [7, 11) is 0. The van der Waals surface area contributed by atoms with E-state index in [0.717, 1.165) is 18.4 Å². The van der Waals surface area contributed by atoms with Crippen LogP contribution in [0.1, 0.15) is 36.8 Å². The van der Waals surface area contributed by atoms with Crippen LogP contribution >= 0.6 is 12.2 Å². The van der Waals surface area contributed by atoms with E-state index < -0.39 is 0 Å². The van der Waals surface area contributed by atoms with Crippen LogP contribution in [0.4, 0.5) is 0 Å². The number of amides is 1. The maximum absolute atomic E-state index is 11.9. The second kappa shape index (κ2) is 12.6. The zero-order valence-corrected chi connectivity index (χ0v) is 16.7. The lowest BCUT2D eigenvalue weighted by molar-refractivity contribution is -0.143. The maximum Gasteiger partial charge on any atom is 0.305 e. The Morgan fingerprint density at radius 1 is 0.857 bits per heavy atom. The summed E-state index contributed by atoms with van der Waals surface area (Å²) >= 11 is 5.11. The van der Waals surface area contributed by atoms with Gasteiger partial charge >= 0.3 is 5.97 Å². The highest BCUT2D eigenvalue weighted by Gasteiger charge is 2.08. The van der Waals surface area contributed by atoms with Crippen LogP contribution in [0.3, 0.4) is 0 Å². The molecular weight excluding hydrogens is 372 g/mol. The molecule has 0 saturated heterocycles. The molecule has 2 rings (SSSR count). The zero-order valence-electron chi connectivity index (χ0n) is 15.9. The third-order valence-electron chi connectivity index (χ3n) is 4.05. The first-order chi connectivity index (χ1) is 13.6. The lowest BCUT2D eigenvalue weighted by Crippen LogP contribution is -2.38. The fraction of sp³-hybridized carbons (Fsp3) is 0.318. The quantitative estimate of drug-likeness (QED) is 0.364. The molecule has 0 aliphatic heterocycles. The highest BCUT2D eigenvalue weighted by atomic mass is 32.1. The van der Waals surface area contributed by atoms with Gasteiger partial charge in [-0.05, 0) is 42.6 Å².